The second kappa shape index (κ2) is 5.88. The molecule has 1 atom stereocenters. The van der Waals surface area contributed by atoms with E-state index in [1.807, 2.05) is 0 Å². The SMILES string of the molecule is CCOCC1=C([CH](C)[Pt]([CH3])[CH3])CC=C1. The maximum absolute atomic E-state index is 5.49. The van der Waals surface area contributed by atoms with Gasteiger partial charge in [0.2, 0.25) is 0 Å². The van der Waals surface area contributed by atoms with Gasteiger partial charge >= 0.3 is 93.8 Å². The van der Waals surface area contributed by atoms with Crippen LogP contribution in [0.25, 0.3) is 0 Å². The summed E-state index contributed by atoms with van der Waals surface area (Å²) in [5.41, 5.74) is 3.10. The van der Waals surface area contributed by atoms with Crippen LogP contribution in [0.5, 0.6) is 0 Å². The van der Waals surface area contributed by atoms with E-state index in [1.54, 1.807) is 5.57 Å². The number of hydrogen-bond donors (Lipinski definition) is 0. The Morgan fingerprint density at radius 1 is 1.50 bits per heavy atom. The molecule has 0 bridgehead atoms. The normalized spacial score (nSPS) is 19.0. The van der Waals surface area contributed by atoms with Gasteiger partial charge in [-0.15, -0.1) is 0 Å². The van der Waals surface area contributed by atoms with E-state index < -0.39 is 17.3 Å². The molecule has 0 saturated heterocycles. The van der Waals surface area contributed by atoms with E-state index in [4.69, 9.17) is 4.74 Å². The van der Waals surface area contributed by atoms with Crippen LogP contribution >= 0.6 is 0 Å². The molecule has 2 heteroatoms. The van der Waals surface area contributed by atoms with Crippen LogP contribution in [0.2, 0.25) is 14.9 Å². The average Bonchev–Trinajstić information content (AvgIpc) is 2.61. The molecule has 0 spiro atoms. The number of ether oxygens (including phenoxy) is 1. The monoisotopic (exact) mass is 376 g/mol. The van der Waals surface area contributed by atoms with Crippen LogP contribution in [0.1, 0.15) is 20.3 Å². The Morgan fingerprint density at radius 2 is 2.21 bits per heavy atom. The molecular formula is C12H21OPt. The van der Waals surface area contributed by atoms with Crippen molar-refractivity contribution >= 4 is 0 Å². The first-order valence-corrected chi connectivity index (χ1v) is 10.8. The van der Waals surface area contributed by atoms with E-state index >= 15 is 0 Å². The van der Waals surface area contributed by atoms with Crippen molar-refractivity contribution in [3.05, 3.63) is 23.3 Å². The summed E-state index contributed by atoms with van der Waals surface area (Å²) in [6.45, 7) is 6.08. The summed E-state index contributed by atoms with van der Waals surface area (Å²) in [7, 11) is 0. The average molecular weight is 376 g/mol. The number of hydrogen-bond acceptors (Lipinski definition) is 1. The standard InChI is InChI=1S/C10H15O.2CH3.Pt/c1-3-9-6-5-7-10(9)8-11-4-2;;;/h3,5,7H,4,6,8H2,1-2H3;2*1H3;. The fourth-order valence-corrected chi connectivity index (χ4v) is 3.81. The van der Waals surface area contributed by atoms with Crippen molar-refractivity contribution in [3.8, 4) is 0 Å². The van der Waals surface area contributed by atoms with E-state index in [1.165, 1.54) is 12.0 Å². The van der Waals surface area contributed by atoms with E-state index in [0.717, 1.165) is 17.5 Å². The molecule has 0 fully saturated rings. The van der Waals surface area contributed by atoms with Crippen LogP contribution in [0, 0.1) is 0 Å². The molecule has 0 heterocycles. The van der Waals surface area contributed by atoms with Crippen LogP contribution in [-0.2, 0) is 22.0 Å². The molecule has 1 aliphatic rings. The fourth-order valence-electron chi connectivity index (χ4n) is 1.54. The predicted octanol–water partition coefficient (Wildman–Crippen LogP) is 3.80. The topological polar surface area (TPSA) is 9.23 Å². The summed E-state index contributed by atoms with van der Waals surface area (Å²) in [6.07, 6.45) is 5.70. The van der Waals surface area contributed by atoms with E-state index in [-0.39, 0.29) is 0 Å². The third-order valence-corrected chi connectivity index (χ3v) is 7.26. The molecule has 0 aromatic heterocycles. The molecule has 1 unspecified atom stereocenters. The molecule has 0 aliphatic heterocycles. The molecule has 1 nitrogen and oxygen atoms in total. The van der Waals surface area contributed by atoms with Crippen molar-refractivity contribution in [2.24, 2.45) is 0 Å². The van der Waals surface area contributed by atoms with Gasteiger partial charge in [0, 0.05) is 0 Å². The van der Waals surface area contributed by atoms with E-state index in [0.29, 0.717) is 0 Å². The molecule has 85 valence electrons. The Bertz CT molecular complexity index is 241. The molecule has 0 amide bonds. The van der Waals surface area contributed by atoms with Gasteiger partial charge in [0.1, 0.15) is 0 Å². The van der Waals surface area contributed by atoms with Gasteiger partial charge in [0.15, 0.2) is 0 Å². The van der Waals surface area contributed by atoms with Crippen LogP contribution in [0.3, 0.4) is 0 Å². The Kier molecular flexibility index (Phi) is 5.12. The van der Waals surface area contributed by atoms with Crippen LogP contribution in [-0.4, -0.2) is 13.2 Å². The quantitative estimate of drug-likeness (QED) is 0.709. The van der Waals surface area contributed by atoms with Gasteiger partial charge in [-0.3, -0.25) is 0 Å². The maximum atomic E-state index is 5.49. The second-order valence-electron chi connectivity index (χ2n) is 3.54. The summed E-state index contributed by atoms with van der Waals surface area (Å²) in [4.78, 5) is 0. The second-order valence-corrected chi connectivity index (χ2v) is 10.4. The molecule has 1 aliphatic carbocycles. The molecule has 0 saturated carbocycles. The van der Waals surface area contributed by atoms with Gasteiger partial charge in [-0.2, -0.15) is 0 Å². The molecule has 0 N–H and O–H groups in total. The molecule has 0 aromatic carbocycles. The Morgan fingerprint density at radius 3 is 2.79 bits per heavy atom. The summed E-state index contributed by atoms with van der Waals surface area (Å²) in [5.74, 6) is 0. The molecule has 14 heavy (non-hydrogen) atoms. The first-order chi connectivity index (χ1) is 6.66. The van der Waals surface area contributed by atoms with Gasteiger partial charge in [-0.05, 0) is 0 Å². The zero-order valence-electron chi connectivity index (χ0n) is 9.58. The van der Waals surface area contributed by atoms with Crippen LogP contribution in [0.4, 0.5) is 0 Å². The Balaban J connectivity index is 2.65. The number of rotatable bonds is 5. The molecular weight excluding hydrogens is 355 g/mol. The van der Waals surface area contributed by atoms with E-state index in [9.17, 15) is 0 Å². The van der Waals surface area contributed by atoms with Gasteiger partial charge in [0.05, 0.1) is 0 Å². The Labute approximate surface area is 93.8 Å². The molecule has 0 radical (unpaired) electrons. The third-order valence-electron chi connectivity index (χ3n) is 2.54. The first kappa shape index (κ1) is 12.2. The molecule has 0 aromatic rings. The minimum absolute atomic E-state index is 0.713. The van der Waals surface area contributed by atoms with Crippen molar-refractivity contribution in [3.63, 3.8) is 0 Å². The summed E-state index contributed by atoms with van der Waals surface area (Å²) >= 11 is -0.713. The predicted molar refractivity (Wildman–Crippen MR) is 58.4 cm³/mol. The Hall–Kier alpha value is 0.128. The zero-order valence-corrected chi connectivity index (χ0v) is 11.9. The van der Waals surface area contributed by atoms with Gasteiger partial charge in [0.25, 0.3) is 0 Å². The van der Waals surface area contributed by atoms with E-state index in [2.05, 4.69) is 36.6 Å². The van der Waals surface area contributed by atoms with Crippen molar-refractivity contribution in [1.29, 1.82) is 0 Å². The van der Waals surface area contributed by atoms with Crippen molar-refractivity contribution in [2.45, 2.75) is 35.2 Å². The summed E-state index contributed by atoms with van der Waals surface area (Å²) in [5, 5.41) is 4.89. The molecule has 1 rings (SSSR count). The van der Waals surface area contributed by atoms with Gasteiger partial charge in [-0.1, -0.05) is 0 Å². The van der Waals surface area contributed by atoms with Gasteiger partial charge < -0.3 is 0 Å². The third kappa shape index (κ3) is 3.07. The van der Waals surface area contributed by atoms with Crippen molar-refractivity contribution < 1.29 is 22.0 Å². The summed E-state index contributed by atoms with van der Waals surface area (Å²) in [6, 6.07) is 0. The fraction of sp³-hybridized carbons (Fsp3) is 0.667. The van der Waals surface area contributed by atoms with Crippen molar-refractivity contribution in [2.75, 3.05) is 13.2 Å². The zero-order chi connectivity index (χ0) is 10.6. The van der Waals surface area contributed by atoms with Gasteiger partial charge in [-0.25, -0.2) is 0 Å². The summed E-state index contributed by atoms with van der Waals surface area (Å²) < 4.78 is 6.32. The van der Waals surface area contributed by atoms with Crippen molar-refractivity contribution in [1.82, 2.24) is 0 Å². The first-order valence-electron chi connectivity index (χ1n) is 4.95. The number of allylic oxidation sites excluding steroid dienone is 2. The van der Waals surface area contributed by atoms with Crippen LogP contribution in [0.15, 0.2) is 23.3 Å². The minimum atomic E-state index is -0.713. The van der Waals surface area contributed by atoms with Crippen LogP contribution < -0.4 is 0 Å².